The number of ether oxygens (including phenoxy) is 2. The normalized spacial score (nSPS) is 12.4. The summed E-state index contributed by atoms with van der Waals surface area (Å²) in [6.45, 7) is 8.27. The Kier molecular flexibility index (Phi) is 6.47. The van der Waals surface area contributed by atoms with E-state index in [1.165, 1.54) is 12.1 Å². The van der Waals surface area contributed by atoms with Crippen molar-refractivity contribution in [3.8, 4) is 11.8 Å². The van der Waals surface area contributed by atoms with E-state index in [-0.39, 0.29) is 23.8 Å². The molecule has 0 saturated carbocycles. The summed E-state index contributed by atoms with van der Waals surface area (Å²) in [5, 5.41) is 18.8. The van der Waals surface area contributed by atoms with Crippen LogP contribution in [0.1, 0.15) is 47.0 Å². The van der Waals surface area contributed by atoms with Crippen LogP contribution in [0.4, 0.5) is 0 Å². The Bertz CT molecular complexity index is 501. The average Bonchev–Trinajstić information content (AvgIpc) is 2.77. The third kappa shape index (κ3) is 6.50. The highest BCUT2D eigenvalue weighted by Crippen LogP contribution is 2.22. The third-order valence-corrected chi connectivity index (χ3v) is 3.67. The Hall–Kier alpha value is -1.73. The molecule has 0 aromatic carbocycles. The van der Waals surface area contributed by atoms with Crippen LogP contribution in [0.15, 0.2) is 12.1 Å². The Morgan fingerprint density at radius 2 is 1.65 bits per heavy atom. The van der Waals surface area contributed by atoms with Crippen molar-refractivity contribution >= 4 is 5.97 Å². The minimum Gasteiger partial charge on any atom is -0.492 e. The molecule has 7 heteroatoms. The molecular weight excluding hydrogens is 302 g/mol. The predicted molar refractivity (Wildman–Crippen MR) is 84.3 cm³/mol. The summed E-state index contributed by atoms with van der Waals surface area (Å²) in [5.74, 6) is -1.25. The second-order valence-corrected chi connectivity index (χ2v) is 6.63. The Morgan fingerprint density at radius 3 is 2.17 bits per heavy atom. The molecule has 0 amide bonds. The van der Waals surface area contributed by atoms with Crippen molar-refractivity contribution in [2.75, 3.05) is 13.7 Å². The largest absolute Gasteiger partial charge is 0.492 e. The average molecular weight is 329 g/mol. The number of hydrogen-bond donors (Lipinski definition) is 2. The first kappa shape index (κ1) is 19.3. The van der Waals surface area contributed by atoms with Crippen LogP contribution < -0.4 is 4.84 Å². The minimum atomic E-state index is -0.569. The van der Waals surface area contributed by atoms with E-state index in [0.717, 1.165) is 6.42 Å². The summed E-state index contributed by atoms with van der Waals surface area (Å²) in [7, 11) is 1.66. The number of aromatic nitrogens is 1. The van der Waals surface area contributed by atoms with Gasteiger partial charge in [-0.05, 0) is 40.5 Å². The molecule has 0 bridgehead atoms. The molecule has 0 unspecified atom stereocenters. The van der Waals surface area contributed by atoms with Crippen LogP contribution in [0.2, 0.25) is 0 Å². The molecule has 1 rings (SSSR count). The van der Waals surface area contributed by atoms with Gasteiger partial charge in [0.25, 0.3) is 0 Å². The van der Waals surface area contributed by atoms with E-state index in [9.17, 15) is 15.0 Å². The standard InChI is InChI=1S/C16H27NO6/c1-15(2,21-5)10-11-22-16(3,4)9-8-14(20)23-17-12(18)6-7-13(17)19/h6-7,18-19H,8-11H2,1-5H3. The van der Waals surface area contributed by atoms with Gasteiger partial charge >= 0.3 is 5.97 Å². The van der Waals surface area contributed by atoms with Gasteiger partial charge in [0.1, 0.15) is 0 Å². The fourth-order valence-corrected chi connectivity index (χ4v) is 1.79. The topological polar surface area (TPSA) is 90.2 Å². The van der Waals surface area contributed by atoms with E-state index in [1.807, 2.05) is 27.7 Å². The molecule has 0 atom stereocenters. The summed E-state index contributed by atoms with van der Waals surface area (Å²) in [6, 6.07) is 2.46. The molecule has 0 aliphatic heterocycles. The van der Waals surface area contributed by atoms with Crippen molar-refractivity contribution in [3.63, 3.8) is 0 Å². The van der Waals surface area contributed by atoms with E-state index < -0.39 is 11.6 Å². The lowest BCUT2D eigenvalue weighted by molar-refractivity contribution is -0.147. The Morgan fingerprint density at radius 1 is 1.09 bits per heavy atom. The molecule has 7 nitrogen and oxygen atoms in total. The number of carbonyl (C=O) groups excluding carboxylic acids is 1. The van der Waals surface area contributed by atoms with Gasteiger partial charge in [-0.3, -0.25) is 0 Å². The molecule has 0 saturated heterocycles. The van der Waals surface area contributed by atoms with E-state index in [1.54, 1.807) is 7.11 Å². The van der Waals surface area contributed by atoms with Gasteiger partial charge in [0.2, 0.25) is 11.8 Å². The van der Waals surface area contributed by atoms with Crippen LogP contribution in [0.3, 0.4) is 0 Å². The number of rotatable bonds is 9. The molecular formula is C16H27NO6. The van der Waals surface area contributed by atoms with Crippen LogP contribution in [-0.4, -0.2) is 45.8 Å². The third-order valence-electron chi connectivity index (χ3n) is 3.67. The first-order valence-corrected chi connectivity index (χ1v) is 7.56. The van der Waals surface area contributed by atoms with Crippen LogP contribution in [0.5, 0.6) is 11.8 Å². The van der Waals surface area contributed by atoms with Gasteiger partial charge in [-0.15, -0.1) is 4.73 Å². The maximum atomic E-state index is 11.8. The fourth-order valence-electron chi connectivity index (χ4n) is 1.79. The number of methoxy groups -OCH3 is 1. The zero-order valence-electron chi connectivity index (χ0n) is 14.5. The summed E-state index contributed by atoms with van der Waals surface area (Å²) >= 11 is 0. The first-order valence-electron chi connectivity index (χ1n) is 7.56. The monoisotopic (exact) mass is 329 g/mol. The van der Waals surface area contributed by atoms with Crippen molar-refractivity contribution in [1.82, 2.24) is 4.73 Å². The van der Waals surface area contributed by atoms with Crippen molar-refractivity contribution in [2.45, 2.75) is 58.2 Å². The van der Waals surface area contributed by atoms with Gasteiger partial charge in [0, 0.05) is 19.2 Å². The smallest absolute Gasteiger partial charge is 0.333 e. The number of carbonyl (C=O) groups is 1. The molecule has 23 heavy (non-hydrogen) atoms. The summed E-state index contributed by atoms with van der Waals surface area (Å²) in [4.78, 5) is 16.7. The van der Waals surface area contributed by atoms with E-state index in [4.69, 9.17) is 14.3 Å². The zero-order valence-corrected chi connectivity index (χ0v) is 14.5. The molecule has 132 valence electrons. The Balaban J connectivity index is 2.39. The lowest BCUT2D eigenvalue weighted by Crippen LogP contribution is -2.31. The molecule has 0 fully saturated rings. The molecule has 0 radical (unpaired) electrons. The molecule has 1 heterocycles. The molecule has 1 aromatic rings. The quantitative estimate of drug-likeness (QED) is 0.722. The Labute approximate surface area is 136 Å². The second-order valence-electron chi connectivity index (χ2n) is 6.63. The highest BCUT2D eigenvalue weighted by atomic mass is 16.7. The van der Waals surface area contributed by atoms with Crippen molar-refractivity contribution in [2.24, 2.45) is 0 Å². The minimum absolute atomic E-state index is 0.0950. The van der Waals surface area contributed by atoms with Crippen LogP contribution in [0.25, 0.3) is 0 Å². The summed E-state index contributed by atoms with van der Waals surface area (Å²) in [6.07, 6.45) is 1.28. The zero-order chi connectivity index (χ0) is 17.7. The van der Waals surface area contributed by atoms with Gasteiger partial charge in [-0.2, -0.15) is 0 Å². The van der Waals surface area contributed by atoms with E-state index in [0.29, 0.717) is 17.8 Å². The van der Waals surface area contributed by atoms with E-state index in [2.05, 4.69) is 0 Å². The second kappa shape index (κ2) is 7.70. The molecule has 2 N–H and O–H groups in total. The highest BCUT2D eigenvalue weighted by molar-refractivity contribution is 5.70. The van der Waals surface area contributed by atoms with Crippen LogP contribution in [0, 0.1) is 0 Å². The summed E-state index contributed by atoms with van der Waals surface area (Å²) < 4.78 is 11.8. The van der Waals surface area contributed by atoms with Crippen molar-refractivity contribution in [3.05, 3.63) is 12.1 Å². The van der Waals surface area contributed by atoms with Gasteiger partial charge in [0.15, 0.2) is 0 Å². The van der Waals surface area contributed by atoms with E-state index >= 15 is 0 Å². The summed E-state index contributed by atoms with van der Waals surface area (Å²) in [5.41, 5.74) is -0.748. The first-order chi connectivity index (χ1) is 10.6. The fraction of sp³-hybridized carbons (Fsp3) is 0.688. The molecule has 0 aliphatic carbocycles. The van der Waals surface area contributed by atoms with Crippen LogP contribution >= 0.6 is 0 Å². The van der Waals surface area contributed by atoms with Gasteiger partial charge < -0.3 is 24.5 Å². The number of aromatic hydroxyl groups is 2. The molecule has 0 spiro atoms. The maximum absolute atomic E-state index is 11.8. The molecule has 0 aliphatic rings. The van der Waals surface area contributed by atoms with Crippen molar-refractivity contribution < 1.29 is 29.3 Å². The van der Waals surface area contributed by atoms with Gasteiger partial charge in [-0.25, -0.2) is 4.79 Å². The SMILES string of the molecule is COC(C)(C)CCOC(C)(C)CCC(=O)On1c(O)ccc1O. The highest BCUT2D eigenvalue weighted by Gasteiger charge is 2.23. The lowest BCUT2D eigenvalue weighted by atomic mass is 10.0. The van der Waals surface area contributed by atoms with Gasteiger partial charge in [0.05, 0.1) is 24.2 Å². The lowest BCUT2D eigenvalue weighted by Gasteiger charge is -2.28. The van der Waals surface area contributed by atoms with Gasteiger partial charge in [-0.1, -0.05) is 0 Å². The number of nitrogens with zero attached hydrogens (tertiary/aromatic N) is 1. The number of hydrogen-bond acceptors (Lipinski definition) is 6. The maximum Gasteiger partial charge on any atom is 0.333 e. The predicted octanol–water partition coefficient (Wildman–Crippen LogP) is 2.25. The van der Waals surface area contributed by atoms with Crippen molar-refractivity contribution in [1.29, 1.82) is 0 Å². The molecule has 1 aromatic heterocycles. The van der Waals surface area contributed by atoms with Crippen LogP contribution in [-0.2, 0) is 14.3 Å².